The van der Waals surface area contributed by atoms with Gasteiger partial charge >= 0.3 is 0 Å². The van der Waals surface area contributed by atoms with Gasteiger partial charge in [-0.2, -0.15) is 0 Å². The van der Waals surface area contributed by atoms with Gasteiger partial charge in [0.2, 0.25) is 0 Å². The Hall–Kier alpha value is -0.890. The lowest BCUT2D eigenvalue weighted by Gasteiger charge is -2.30. The summed E-state index contributed by atoms with van der Waals surface area (Å²) in [6.45, 7) is 4.42. The normalized spacial score (nSPS) is 26.8. The van der Waals surface area contributed by atoms with Gasteiger partial charge in [0.05, 0.1) is 0 Å². The van der Waals surface area contributed by atoms with E-state index in [9.17, 15) is 0 Å². The number of aromatic nitrogens is 1. The predicted octanol–water partition coefficient (Wildman–Crippen LogP) is 3.09. The van der Waals surface area contributed by atoms with E-state index in [-0.39, 0.29) is 6.04 Å². The summed E-state index contributed by atoms with van der Waals surface area (Å²) in [5, 5.41) is 0. The molecule has 0 spiro atoms. The van der Waals surface area contributed by atoms with E-state index in [0.717, 1.165) is 18.0 Å². The Morgan fingerprint density at radius 3 is 2.59 bits per heavy atom. The van der Waals surface area contributed by atoms with Crippen LogP contribution in [0.5, 0.6) is 0 Å². The first-order valence-corrected chi connectivity index (χ1v) is 6.82. The quantitative estimate of drug-likeness (QED) is 0.869. The van der Waals surface area contributed by atoms with Gasteiger partial charge in [-0.05, 0) is 43.2 Å². The molecule has 17 heavy (non-hydrogen) atoms. The molecule has 1 unspecified atom stereocenters. The van der Waals surface area contributed by atoms with E-state index in [4.69, 9.17) is 5.73 Å². The van der Waals surface area contributed by atoms with Gasteiger partial charge in [0.15, 0.2) is 0 Å². The zero-order valence-corrected chi connectivity index (χ0v) is 11.0. The van der Waals surface area contributed by atoms with Crippen molar-refractivity contribution in [2.24, 2.45) is 17.6 Å². The topological polar surface area (TPSA) is 38.9 Å². The van der Waals surface area contributed by atoms with Crippen molar-refractivity contribution >= 4 is 0 Å². The molecule has 2 nitrogen and oxygen atoms in total. The van der Waals surface area contributed by atoms with Crippen molar-refractivity contribution in [1.29, 1.82) is 0 Å². The smallest absolute Gasteiger partial charge is 0.0419 e. The first kappa shape index (κ1) is 12.6. The lowest BCUT2D eigenvalue weighted by molar-refractivity contribution is 0.253. The van der Waals surface area contributed by atoms with Gasteiger partial charge in [0.25, 0.3) is 0 Å². The van der Waals surface area contributed by atoms with E-state index in [2.05, 4.69) is 31.0 Å². The number of aryl methyl sites for hydroxylation is 1. The van der Waals surface area contributed by atoms with Crippen molar-refractivity contribution in [3.63, 3.8) is 0 Å². The molecule has 1 aliphatic carbocycles. The number of hydrogen-bond acceptors (Lipinski definition) is 2. The maximum absolute atomic E-state index is 6.32. The molecule has 0 saturated heterocycles. The molecule has 0 bridgehead atoms. The lowest BCUT2D eigenvalue weighted by Crippen LogP contribution is -2.34. The number of pyridine rings is 1. The predicted molar refractivity (Wildman–Crippen MR) is 71.8 cm³/mol. The minimum Gasteiger partial charge on any atom is -0.327 e. The summed E-state index contributed by atoms with van der Waals surface area (Å²) in [6, 6.07) is 4.52. The molecule has 0 amide bonds. The van der Waals surface area contributed by atoms with Crippen LogP contribution in [0.25, 0.3) is 0 Å². The monoisotopic (exact) mass is 232 g/mol. The minimum absolute atomic E-state index is 0.290. The van der Waals surface area contributed by atoms with Crippen molar-refractivity contribution in [2.75, 3.05) is 0 Å². The second kappa shape index (κ2) is 5.63. The first-order chi connectivity index (χ1) is 8.15. The van der Waals surface area contributed by atoms with E-state index >= 15 is 0 Å². The SMILES string of the molecule is Cc1ccc(CC(N)C2CCC(C)CC2)nc1. The molecule has 1 aliphatic rings. The van der Waals surface area contributed by atoms with Gasteiger partial charge in [-0.3, -0.25) is 4.98 Å². The summed E-state index contributed by atoms with van der Waals surface area (Å²) in [5.41, 5.74) is 8.68. The molecule has 2 rings (SSSR count). The second-order valence-electron chi connectivity index (χ2n) is 5.71. The van der Waals surface area contributed by atoms with E-state index in [1.54, 1.807) is 0 Å². The Morgan fingerprint density at radius 1 is 1.29 bits per heavy atom. The Bertz CT molecular complexity index is 336. The van der Waals surface area contributed by atoms with Gasteiger partial charge in [0.1, 0.15) is 0 Å². The van der Waals surface area contributed by atoms with Crippen LogP contribution in [0.15, 0.2) is 18.3 Å². The maximum atomic E-state index is 6.32. The highest BCUT2D eigenvalue weighted by Gasteiger charge is 2.23. The summed E-state index contributed by atoms with van der Waals surface area (Å²) in [4.78, 5) is 4.45. The Kier molecular flexibility index (Phi) is 4.16. The molecule has 1 saturated carbocycles. The third-order valence-electron chi connectivity index (χ3n) is 4.08. The average molecular weight is 232 g/mol. The lowest BCUT2D eigenvalue weighted by atomic mass is 9.78. The highest BCUT2D eigenvalue weighted by Crippen LogP contribution is 2.30. The van der Waals surface area contributed by atoms with E-state index < -0.39 is 0 Å². The molecule has 1 fully saturated rings. The van der Waals surface area contributed by atoms with Crippen LogP contribution in [-0.4, -0.2) is 11.0 Å². The van der Waals surface area contributed by atoms with Gasteiger partial charge in [0, 0.05) is 24.4 Å². The van der Waals surface area contributed by atoms with E-state index in [1.807, 2.05) is 6.20 Å². The van der Waals surface area contributed by atoms with Crippen LogP contribution in [-0.2, 0) is 6.42 Å². The molecule has 2 N–H and O–H groups in total. The van der Waals surface area contributed by atoms with Gasteiger partial charge < -0.3 is 5.73 Å². The standard InChI is InChI=1S/C15H24N2/c1-11-3-6-13(7-4-11)15(16)9-14-8-5-12(2)10-17-14/h5,8,10-11,13,15H,3-4,6-7,9,16H2,1-2H3. The minimum atomic E-state index is 0.290. The van der Waals surface area contributed by atoms with Crippen molar-refractivity contribution in [3.8, 4) is 0 Å². The van der Waals surface area contributed by atoms with Crippen LogP contribution in [0.2, 0.25) is 0 Å². The largest absolute Gasteiger partial charge is 0.327 e. The number of hydrogen-bond donors (Lipinski definition) is 1. The van der Waals surface area contributed by atoms with Crippen LogP contribution in [0.4, 0.5) is 0 Å². The summed E-state index contributed by atoms with van der Waals surface area (Å²) < 4.78 is 0. The molecule has 1 aromatic heterocycles. The summed E-state index contributed by atoms with van der Waals surface area (Å²) >= 11 is 0. The molecule has 0 aliphatic heterocycles. The molecular weight excluding hydrogens is 208 g/mol. The van der Waals surface area contributed by atoms with E-state index in [1.165, 1.54) is 31.2 Å². The molecule has 0 radical (unpaired) electrons. The van der Waals surface area contributed by atoms with E-state index in [0.29, 0.717) is 5.92 Å². The molecular formula is C15H24N2. The number of rotatable bonds is 3. The molecule has 1 heterocycles. The van der Waals surface area contributed by atoms with Crippen molar-refractivity contribution < 1.29 is 0 Å². The van der Waals surface area contributed by atoms with Gasteiger partial charge in [-0.15, -0.1) is 0 Å². The molecule has 1 atom stereocenters. The average Bonchev–Trinajstić information content (AvgIpc) is 2.33. The third-order valence-corrected chi connectivity index (χ3v) is 4.08. The second-order valence-corrected chi connectivity index (χ2v) is 5.71. The zero-order chi connectivity index (χ0) is 12.3. The summed E-state index contributed by atoms with van der Waals surface area (Å²) in [6.07, 6.45) is 8.16. The Morgan fingerprint density at radius 2 is 2.00 bits per heavy atom. The number of nitrogens with two attached hydrogens (primary N) is 1. The Balaban J connectivity index is 1.88. The third kappa shape index (κ3) is 3.53. The van der Waals surface area contributed by atoms with Crippen molar-refractivity contribution in [1.82, 2.24) is 4.98 Å². The number of nitrogens with zero attached hydrogens (tertiary/aromatic N) is 1. The Labute approximate surface area is 105 Å². The summed E-state index contributed by atoms with van der Waals surface area (Å²) in [7, 11) is 0. The first-order valence-electron chi connectivity index (χ1n) is 6.82. The fourth-order valence-electron chi connectivity index (χ4n) is 2.74. The molecule has 1 aromatic rings. The van der Waals surface area contributed by atoms with Crippen LogP contribution < -0.4 is 5.73 Å². The van der Waals surface area contributed by atoms with Gasteiger partial charge in [-0.25, -0.2) is 0 Å². The van der Waals surface area contributed by atoms with Gasteiger partial charge in [-0.1, -0.05) is 25.8 Å². The molecule has 2 heteroatoms. The van der Waals surface area contributed by atoms with Crippen molar-refractivity contribution in [3.05, 3.63) is 29.6 Å². The maximum Gasteiger partial charge on any atom is 0.0419 e. The van der Waals surface area contributed by atoms with Crippen LogP contribution in [0.1, 0.15) is 43.9 Å². The zero-order valence-electron chi connectivity index (χ0n) is 11.0. The van der Waals surface area contributed by atoms with Crippen LogP contribution in [0.3, 0.4) is 0 Å². The fraction of sp³-hybridized carbons (Fsp3) is 0.667. The molecule has 94 valence electrons. The van der Waals surface area contributed by atoms with Crippen LogP contribution in [0, 0.1) is 18.8 Å². The van der Waals surface area contributed by atoms with Crippen molar-refractivity contribution in [2.45, 2.75) is 52.0 Å². The molecule has 0 aromatic carbocycles. The fourth-order valence-corrected chi connectivity index (χ4v) is 2.74. The summed E-state index contributed by atoms with van der Waals surface area (Å²) in [5.74, 6) is 1.60. The highest BCUT2D eigenvalue weighted by atomic mass is 14.7. The highest BCUT2D eigenvalue weighted by molar-refractivity contribution is 5.13. The van der Waals surface area contributed by atoms with Crippen LogP contribution >= 0.6 is 0 Å².